The Kier molecular flexibility index (Phi) is 7.78. The minimum absolute atomic E-state index is 0.885. The fourth-order valence-electron chi connectivity index (χ4n) is 9.94. The zero-order chi connectivity index (χ0) is 40.7. The molecule has 3 nitrogen and oxygen atoms in total. The lowest BCUT2D eigenvalue weighted by Crippen LogP contribution is -2.13. The molecule has 0 radical (unpaired) electrons. The summed E-state index contributed by atoms with van der Waals surface area (Å²) in [6, 6.07) is 79.3. The van der Waals surface area contributed by atoms with E-state index >= 15 is 0 Å². The number of fused-ring (bicyclic) bond motifs is 10. The fourth-order valence-corrected chi connectivity index (χ4v) is 11.2. The van der Waals surface area contributed by atoms with E-state index in [0.29, 0.717) is 0 Å². The maximum Gasteiger partial charge on any atom is 0.143 e. The molecular weight excluding hydrogens is 773 g/mol. The first-order chi connectivity index (χ1) is 30.8. The Morgan fingerprint density at radius 3 is 1.79 bits per heavy atom. The van der Waals surface area contributed by atoms with Gasteiger partial charge in [-0.3, -0.25) is 0 Å². The summed E-state index contributed by atoms with van der Waals surface area (Å²) in [5, 5.41) is 9.58. The summed E-state index contributed by atoms with van der Waals surface area (Å²) < 4.78 is 11.7. The molecule has 0 atom stereocenters. The van der Waals surface area contributed by atoms with Crippen LogP contribution < -0.4 is 4.90 Å². The molecule has 0 spiro atoms. The van der Waals surface area contributed by atoms with E-state index in [1.807, 2.05) is 17.4 Å². The van der Waals surface area contributed by atoms with Crippen molar-refractivity contribution in [2.24, 2.45) is 0 Å². The standard InChI is InChI=1S/C58H36N2OS/c1-2-19-38-37(17-1)18-15-32-48(38)60(51-30-11-5-22-41(51)44-26-16-27-45-42-23-7-13-33-54(42)61-57(44)45)53-36-35-46-43-24-8-14-34-55(43)62-58(46)56(53)47-25-6-12-31-52(47)59-49-28-9-3-20-39(49)40-21-4-10-29-50(40)59/h1-36H. The Labute approximate surface area is 361 Å². The number of hydrogen-bond donors (Lipinski definition) is 0. The first-order valence-corrected chi connectivity index (χ1v) is 21.9. The van der Waals surface area contributed by atoms with Crippen molar-refractivity contribution in [3.8, 4) is 27.9 Å². The van der Waals surface area contributed by atoms with Gasteiger partial charge in [0.05, 0.1) is 33.8 Å². The van der Waals surface area contributed by atoms with Gasteiger partial charge in [0.1, 0.15) is 11.2 Å². The van der Waals surface area contributed by atoms with Crippen LogP contribution in [0.2, 0.25) is 0 Å². The van der Waals surface area contributed by atoms with Gasteiger partial charge in [0.2, 0.25) is 0 Å². The van der Waals surface area contributed by atoms with Crippen molar-refractivity contribution in [1.29, 1.82) is 0 Å². The van der Waals surface area contributed by atoms with E-state index < -0.39 is 0 Å². The van der Waals surface area contributed by atoms with Crippen LogP contribution in [0.25, 0.3) is 103 Å². The highest BCUT2D eigenvalue weighted by Crippen LogP contribution is 2.53. The lowest BCUT2D eigenvalue weighted by Gasteiger charge is -2.31. The molecule has 4 heteroatoms. The summed E-state index contributed by atoms with van der Waals surface area (Å²) in [5.41, 5.74) is 13.0. The topological polar surface area (TPSA) is 21.3 Å². The number of para-hydroxylation sites is 6. The SMILES string of the molecule is c1ccc(N(c2ccc3c(sc4ccccc43)c2-c2ccccc2-n2c3ccccc3c3ccccc32)c2cccc3ccccc23)c(-c2cccc3c2oc2ccccc23)c1. The highest BCUT2D eigenvalue weighted by Gasteiger charge is 2.27. The van der Waals surface area contributed by atoms with Gasteiger partial charge in [-0.15, -0.1) is 11.3 Å². The lowest BCUT2D eigenvalue weighted by molar-refractivity contribution is 0.670. The number of furan rings is 1. The highest BCUT2D eigenvalue weighted by molar-refractivity contribution is 7.26. The van der Waals surface area contributed by atoms with E-state index in [1.54, 1.807) is 0 Å². The van der Waals surface area contributed by atoms with Crippen LogP contribution in [0.1, 0.15) is 0 Å². The quantitative estimate of drug-likeness (QED) is 0.167. The minimum Gasteiger partial charge on any atom is -0.455 e. The number of nitrogens with zero attached hydrogens (tertiary/aromatic N) is 2. The second-order valence-corrected chi connectivity index (χ2v) is 17.0. The van der Waals surface area contributed by atoms with Gasteiger partial charge in [0.25, 0.3) is 0 Å². The van der Waals surface area contributed by atoms with Crippen molar-refractivity contribution in [3.05, 3.63) is 218 Å². The molecule has 0 unspecified atom stereocenters. The number of anilines is 3. The molecule has 0 N–H and O–H groups in total. The molecule has 0 amide bonds. The largest absolute Gasteiger partial charge is 0.455 e. The molecular formula is C58H36N2OS. The van der Waals surface area contributed by atoms with Crippen molar-refractivity contribution in [1.82, 2.24) is 4.57 Å². The molecule has 290 valence electrons. The maximum absolute atomic E-state index is 6.75. The van der Waals surface area contributed by atoms with E-state index in [-0.39, 0.29) is 0 Å². The molecule has 13 rings (SSSR count). The molecule has 3 aromatic heterocycles. The summed E-state index contributed by atoms with van der Waals surface area (Å²) in [6.07, 6.45) is 0. The van der Waals surface area contributed by atoms with Gasteiger partial charge in [-0.1, -0.05) is 170 Å². The van der Waals surface area contributed by atoms with Crippen LogP contribution in [-0.2, 0) is 0 Å². The summed E-state index contributed by atoms with van der Waals surface area (Å²) >= 11 is 1.88. The van der Waals surface area contributed by atoms with Crippen LogP contribution in [-0.4, -0.2) is 4.57 Å². The van der Waals surface area contributed by atoms with E-state index in [1.165, 1.54) is 58.3 Å². The fraction of sp³-hybridized carbons (Fsp3) is 0. The number of hydrogen-bond acceptors (Lipinski definition) is 3. The van der Waals surface area contributed by atoms with Crippen molar-refractivity contribution in [3.63, 3.8) is 0 Å². The van der Waals surface area contributed by atoms with Gasteiger partial charge < -0.3 is 13.9 Å². The van der Waals surface area contributed by atoms with E-state index in [4.69, 9.17) is 4.42 Å². The molecule has 0 bridgehead atoms. The first kappa shape index (κ1) is 34.9. The van der Waals surface area contributed by atoms with Crippen LogP contribution in [0.15, 0.2) is 223 Å². The molecule has 0 aliphatic heterocycles. The predicted molar refractivity (Wildman–Crippen MR) is 264 cm³/mol. The van der Waals surface area contributed by atoms with Crippen LogP contribution in [0.4, 0.5) is 17.1 Å². The van der Waals surface area contributed by atoms with Gasteiger partial charge >= 0.3 is 0 Å². The first-order valence-electron chi connectivity index (χ1n) is 21.1. The summed E-state index contributed by atoms with van der Waals surface area (Å²) in [7, 11) is 0. The van der Waals surface area contributed by atoms with Gasteiger partial charge in [-0.2, -0.15) is 0 Å². The Hall–Kier alpha value is -7.92. The number of benzene rings is 10. The van der Waals surface area contributed by atoms with E-state index in [9.17, 15) is 0 Å². The molecule has 3 heterocycles. The van der Waals surface area contributed by atoms with Crippen LogP contribution in [0, 0.1) is 0 Å². The molecule has 0 saturated heterocycles. The third-order valence-electron chi connectivity index (χ3n) is 12.6. The smallest absolute Gasteiger partial charge is 0.143 e. The lowest BCUT2D eigenvalue weighted by atomic mass is 9.95. The zero-order valence-corrected chi connectivity index (χ0v) is 34.3. The Balaban J connectivity index is 1.17. The molecule has 0 aliphatic carbocycles. The predicted octanol–water partition coefficient (Wildman–Crippen LogP) is 17.0. The van der Waals surface area contributed by atoms with Gasteiger partial charge in [0.15, 0.2) is 0 Å². The Bertz CT molecular complexity index is 3850. The van der Waals surface area contributed by atoms with Crippen molar-refractivity contribution < 1.29 is 4.42 Å². The number of rotatable bonds is 6. The molecule has 0 saturated carbocycles. The second kappa shape index (κ2) is 13.8. The molecule has 0 aliphatic rings. The normalized spacial score (nSPS) is 11.9. The molecule has 13 aromatic rings. The molecule has 62 heavy (non-hydrogen) atoms. The van der Waals surface area contributed by atoms with E-state index in [2.05, 4.69) is 222 Å². The van der Waals surface area contributed by atoms with Crippen molar-refractivity contribution >= 4 is 103 Å². The third-order valence-corrected chi connectivity index (χ3v) is 13.8. The zero-order valence-electron chi connectivity index (χ0n) is 33.5. The van der Waals surface area contributed by atoms with Gasteiger partial charge in [-0.05, 0) is 53.9 Å². The minimum atomic E-state index is 0.885. The highest BCUT2D eigenvalue weighted by atomic mass is 32.1. The second-order valence-electron chi connectivity index (χ2n) is 16.0. The van der Waals surface area contributed by atoms with Gasteiger partial charge in [0, 0.05) is 69.4 Å². The van der Waals surface area contributed by atoms with Crippen LogP contribution in [0.3, 0.4) is 0 Å². The molecule has 0 fully saturated rings. The summed E-state index contributed by atoms with van der Waals surface area (Å²) in [4.78, 5) is 2.51. The number of aromatic nitrogens is 1. The maximum atomic E-state index is 6.75. The average Bonchev–Trinajstić information content (AvgIpc) is 4.02. The third kappa shape index (κ3) is 5.17. The van der Waals surface area contributed by atoms with Gasteiger partial charge in [-0.25, -0.2) is 0 Å². The van der Waals surface area contributed by atoms with E-state index in [0.717, 1.165) is 61.4 Å². The monoisotopic (exact) mass is 808 g/mol. The van der Waals surface area contributed by atoms with Crippen molar-refractivity contribution in [2.75, 3.05) is 4.90 Å². The number of thiophene rings is 1. The Morgan fingerprint density at radius 1 is 0.371 bits per heavy atom. The average molecular weight is 809 g/mol. The summed E-state index contributed by atoms with van der Waals surface area (Å²) in [6.45, 7) is 0. The van der Waals surface area contributed by atoms with Crippen molar-refractivity contribution in [2.45, 2.75) is 0 Å². The summed E-state index contributed by atoms with van der Waals surface area (Å²) in [5.74, 6) is 0. The molecule has 10 aromatic carbocycles. The van der Waals surface area contributed by atoms with Crippen LogP contribution in [0.5, 0.6) is 0 Å². The Morgan fingerprint density at radius 2 is 0.952 bits per heavy atom. The van der Waals surface area contributed by atoms with Crippen LogP contribution >= 0.6 is 11.3 Å².